The van der Waals surface area contributed by atoms with Crippen molar-refractivity contribution in [3.05, 3.63) is 0 Å². The molecule has 0 bridgehead atoms. The van der Waals surface area contributed by atoms with Crippen LogP contribution in [0.2, 0.25) is 0 Å². The van der Waals surface area contributed by atoms with Crippen LogP contribution in [-0.2, 0) is 9.53 Å². The normalized spacial score (nSPS) is 29.3. The van der Waals surface area contributed by atoms with Gasteiger partial charge in [0.25, 0.3) is 0 Å². The van der Waals surface area contributed by atoms with Gasteiger partial charge in [0.15, 0.2) is 0 Å². The van der Waals surface area contributed by atoms with Gasteiger partial charge in [-0.05, 0) is 32.4 Å². The van der Waals surface area contributed by atoms with Crippen LogP contribution in [0.15, 0.2) is 0 Å². The molecule has 1 aliphatic carbocycles. The van der Waals surface area contributed by atoms with Gasteiger partial charge in [0.05, 0.1) is 13.0 Å². The second-order valence-electron chi connectivity index (χ2n) is 3.02. The first-order valence-corrected chi connectivity index (χ1v) is 4.02. The Labute approximate surface area is 67.1 Å². The molecule has 1 rings (SSSR count). The summed E-state index contributed by atoms with van der Waals surface area (Å²) in [5.41, 5.74) is 0. The van der Waals surface area contributed by atoms with Gasteiger partial charge in [0.1, 0.15) is 0 Å². The Balaban J connectivity index is 2.30. The van der Waals surface area contributed by atoms with Crippen LogP contribution < -0.4 is 5.32 Å². The summed E-state index contributed by atoms with van der Waals surface area (Å²) >= 11 is 0. The van der Waals surface area contributed by atoms with Gasteiger partial charge in [-0.1, -0.05) is 0 Å². The molecular formula is C8H15NO2. The predicted molar refractivity (Wildman–Crippen MR) is 42.2 cm³/mol. The maximum atomic E-state index is 11.0. The van der Waals surface area contributed by atoms with E-state index in [2.05, 4.69) is 10.1 Å². The van der Waals surface area contributed by atoms with E-state index >= 15 is 0 Å². The van der Waals surface area contributed by atoms with E-state index in [1.807, 2.05) is 7.05 Å². The van der Waals surface area contributed by atoms with E-state index in [-0.39, 0.29) is 11.9 Å². The van der Waals surface area contributed by atoms with Crippen molar-refractivity contribution in [2.24, 2.45) is 11.8 Å². The SMILES string of the molecule is CNC[C@H]1CC[C@H]1C(=O)OC. The molecule has 1 N–H and O–H groups in total. The van der Waals surface area contributed by atoms with Crippen LogP contribution in [0.5, 0.6) is 0 Å². The minimum absolute atomic E-state index is 0.0449. The standard InChI is InChI=1S/C8H15NO2/c1-9-5-6-3-4-7(6)8(10)11-2/h6-7,9H,3-5H2,1-2H3/t6-,7-/m1/s1. The van der Waals surface area contributed by atoms with Crippen LogP contribution in [0.25, 0.3) is 0 Å². The van der Waals surface area contributed by atoms with Crippen molar-refractivity contribution >= 4 is 5.97 Å². The molecule has 64 valence electrons. The number of hydrogen-bond acceptors (Lipinski definition) is 3. The number of carbonyl (C=O) groups excluding carboxylic acids is 1. The van der Waals surface area contributed by atoms with Crippen molar-refractivity contribution < 1.29 is 9.53 Å². The van der Waals surface area contributed by atoms with E-state index in [0.717, 1.165) is 19.4 Å². The molecule has 1 aliphatic rings. The molecule has 0 heterocycles. The molecule has 0 aromatic rings. The largest absolute Gasteiger partial charge is 0.469 e. The highest BCUT2D eigenvalue weighted by Crippen LogP contribution is 2.34. The Morgan fingerprint density at radius 3 is 2.73 bits per heavy atom. The third kappa shape index (κ3) is 1.71. The summed E-state index contributed by atoms with van der Waals surface area (Å²) in [6.07, 6.45) is 2.15. The van der Waals surface area contributed by atoms with Crippen molar-refractivity contribution in [2.75, 3.05) is 20.7 Å². The molecular weight excluding hydrogens is 142 g/mol. The van der Waals surface area contributed by atoms with Gasteiger partial charge in [-0.25, -0.2) is 0 Å². The second-order valence-corrected chi connectivity index (χ2v) is 3.02. The first kappa shape index (κ1) is 8.53. The average Bonchev–Trinajstić information content (AvgIpc) is 1.98. The Bertz CT molecular complexity index is 147. The fourth-order valence-electron chi connectivity index (χ4n) is 1.54. The van der Waals surface area contributed by atoms with E-state index in [1.54, 1.807) is 0 Å². The predicted octanol–water partition coefficient (Wildman–Crippen LogP) is 0.405. The molecule has 0 unspecified atom stereocenters. The Kier molecular flexibility index (Phi) is 2.88. The Hall–Kier alpha value is -0.570. The molecule has 11 heavy (non-hydrogen) atoms. The fraction of sp³-hybridized carbons (Fsp3) is 0.875. The first-order chi connectivity index (χ1) is 5.29. The van der Waals surface area contributed by atoms with Crippen molar-refractivity contribution in [3.63, 3.8) is 0 Å². The van der Waals surface area contributed by atoms with Crippen LogP contribution in [-0.4, -0.2) is 26.7 Å². The van der Waals surface area contributed by atoms with E-state index in [9.17, 15) is 4.79 Å². The molecule has 0 radical (unpaired) electrons. The summed E-state index contributed by atoms with van der Waals surface area (Å²) in [6.45, 7) is 0.930. The smallest absolute Gasteiger partial charge is 0.308 e. The summed E-state index contributed by atoms with van der Waals surface area (Å²) in [4.78, 5) is 11.0. The van der Waals surface area contributed by atoms with Gasteiger partial charge in [0, 0.05) is 0 Å². The molecule has 0 aliphatic heterocycles. The van der Waals surface area contributed by atoms with Crippen LogP contribution in [0.3, 0.4) is 0 Å². The highest BCUT2D eigenvalue weighted by Gasteiger charge is 2.36. The number of rotatable bonds is 3. The van der Waals surface area contributed by atoms with Gasteiger partial charge in [-0.3, -0.25) is 4.79 Å². The number of methoxy groups -OCH3 is 1. The molecule has 3 heteroatoms. The molecule has 1 fully saturated rings. The lowest BCUT2D eigenvalue weighted by atomic mass is 9.73. The molecule has 1 saturated carbocycles. The summed E-state index contributed by atoms with van der Waals surface area (Å²) in [6, 6.07) is 0. The number of ether oxygens (including phenoxy) is 1. The quantitative estimate of drug-likeness (QED) is 0.603. The Morgan fingerprint density at radius 2 is 2.36 bits per heavy atom. The van der Waals surface area contributed by atoms with Gasteiger partial charge < -0.3 is 10.1 Å². The molecule has 0 spiro atoms. The molecule has 3 nitrogen and oxygen atoms in total. The summed E-state index contributed by atoms with van der Waals surface area (Å²) in [5, 5.41) is 3.07. The maximum absolute atomic E-state index is 11.0. The molecule has 0 amide bonds. The van der Waals surface area contributed by atoms with Gasteiger partial charge in [-0.15, -0.1) is 0 Å². The lowest BCUT2D eigenvalue weighted by Crippen LogP contribution is -2.39. The highest BCUT2D eigenvalue weighted by atomic mass is 16.5. The molecule has 0 saturated heterocycles. The zero-order chi connectivity index (χ0) is 8.27. The third-order valence-corrected chi connectivity index (χ3v) is 2.39. The average molecular weight is 157 g/mol. The van der Waals surface area contributed by atoms with E-state index in [1.165, 1.54) is 7.11 Å². The van der Waals surface area contributed by atoms with Crippen molar-refractivity contribution in [3.8, 4) is 0 Å². The van der Waals surface area contributed by atoms with Crippen LogP contribution in [0.4, 0.5) is 0 Å². The number of carbonyl (C=O) groups is 1. The minimum Gasteiger partial charge on any atom is -0.469 e. The lowest BCUT2D eigenvalue weighted by Gasteiger charge is -2.33. The number of esters is 1. The van der Waals surface area contributed by atoms with E-state index in [0.29, 0.717) is 5.92 Å². The van der Waals surface area contributed by atoms with E-state index < -0.39 is 0 Å². The summed E-state index contributed by atoms with van der Waals surface area (Å²) in [5.74, 6) is 0.622. The fourth-order valence-corrected chi connectivity index (χ4v) is 1.54. The lowest BCUT2D eigenvalue weighted by molar-refractivity contribution is -0.151. The molecule has 2 atom stereocenters. The van der Waals surface area contributed by atoms with Crippen LogP contribution >= 0.6 is 0 Å². The molecule has 0 aromatic carbocycles. The van der Waals surface area contributed by atoms with Gasteiger partial charge >= 0.3 is 5.97 Å². The van der Waals surface area contributed by atoms with Crippen molar-refractivity contribution in [1.29, 1.82) is 0 Å². The number of nitrogens with one attached hydrogen (secondary N) is 1. The van der Waals surface area contributed by atoms with Crippen LogP contribution in [0.1, 0.15) is 12.8 Å². The van der Waals surface area contributed by atoms with Gasteiger partial charge in [0.2, 0.25) is 0 Å². The van der Waals surface area contributed by atoms with Crippen molar-refractivity contribution in [1.82, 2.24) is 5.32 Å². The minimum atomic E-state index is -0.0449. The van der Waals surface area contributed by atoms with Crippen molar-refractivity contribution in [2.45, 2.75) is 12.8 Å². The summed E-state index contributed by atoms with van der Waals surface area (Å²) in [7, 11) is 3.36. The zero-order valence-electron chi connectivity index (χ0n) is 7.09. The monoisotopic (exact) mass is 157 g/mol. The topological polar surface area (TPSA) is 38.3 Å². The first-order valence-electron chi connectivity index (χ1n) is 4.02. The molecule has 0 aromatic heterocycles. The number of hydrogen-bond donors (Lipinski definition) is 1. The zero-order valence-corrected chi connectivity index (χ0v) is 7.09. The highest BCUT2D eigenvalue weighted by molar-refractivity contribution is 5.73. The Morgan fingerprint density at radius 1 is 1.64 bits per heavy atom. The summed E-state index contributed by atoms with van der Waals surface area (Å²) < 4.78 is 4.66. The van der Waals surface area contributed by atoms with Gasteiger partial charge in [-0.2, -0.15) is 0 Å². The van der Waals surface area contributed by atoms with E-state index in [4.69, 9.17) is 0 Å². The third-order valence-electron chi connectivity index (χ3n) is 2.39. The second kappa shape index (κ2) is 3.72. The van der Waals surface area contributed by atoms with Crippen LogP contribution in [0, 0.1) is 11.8 Å². The maximum Gasteiger partial charge on any atom is 0.308 e.